The summed E-state index contributed by atoms with van der Waals surface area (Å²) in [5, 5.41) is 0. The summed E-state index contributed by atoms with van der Waals surface area (Å²) >= 11 is 0. The average molecular weight is 91.1 g/mol. The van der Waals surface area contributed by atoms with Gasteiger partial charge in [-0.25, -0.2) is 0 Å². The minimum absolute atomic E-state index is 0.0231. The summed E-state index contributed by atoms with van der Waals surface area (Å²) in [7, 11) is 0. The molecule has 0 aliphatic rings. The quantitative estimate of drug-likeness (QED) is 0.531. The van der Waals surface area contributed by atoms with E-state index in [4.69, 9.17) is 5.73 Å². The Hall–Kier alpha value is -0.110. The number of nitrogens with two attached hydrogens (primary N) is 1. The molecule has 0 amide bonds. The van der Waals surface area contributed by atoms with E-state index in [0.717, 1.165) is 0 Å². The van der Waals surface area contributed by atoms with Crippen LogP contribution in [0.15, 0.2) is 0 Å². The lowest BCUT2D eigenvalue weighted by Gasteiger charge is -1.94. The van der Waals surface area contributed by atoms with Crippen molar-refractivity contribution >= 4 is 0 Å². The fourth-order valence-electron chi connectivity index (χ4n) is 0.172. The van der Waals surface area contributed by atoms with Crippen LogP contribution in [0.4, 0.5) is 4.39 Å². The summed E-state index contributed by atoms with van der Waals surface area (Å²) in [6.45, 7) is 1.50. The summed E-state index contributed by atoms with van der Waals surface area (Å²) < 4.78 is 11.2. The molecule has 2 N–H and O–H groups in total. The zero-order chi connectivity index (χ0) is 4.99. The molecule has 0 saturated heterocycles. The normalized spacial score (nSPS) is 14.5. The molecule has 0 spiro atoms. The van der Waals surface area contributed by atoms with Crippen molar-refractivity contribution < 1.29 is 4.39 Å². The number of alkyl halides is 1. The summed E-state index contributed by atoms with van der Waals surface area (Å²) in [4.78, 5) is 0. The molecule has 0 radical (unpaired) electrons. The third kappa shape index (κ3) is 3.89. The smallest absolute Gasteiger partial charge is 0.0909 e. The van der Waals surface area contributed by atoms with Gasteiger partial charge in [0.05, 0.1) is 6.67 Å². The Morgan fingerprint density at radius 1 is 1.83 bits per heavy atom. The van der Waals surface area contributed by atoms with Crippen LogP contribution in [-0.2, 0) is 0 Å². The third-order valence-electron chi connectivity index (χ3n) is 0.564. The lowest BCUT2D eigenvalue weighted by molar-refractivity contribution is 0.447. The molecule has 0 aromatic carbocycles. The van der Waals surface area contributed by atoms with Crippen molar-refractivity contribution in [1.82, 2.24) is 0 Å². The van der Waals surface area contributed by atoms with E-state index in [-0.39, 0.29) is 12.7 Å². The molecule has 2 heteroatoms. The van der Waals surface area contributed by atoms with E-state index in [9.17, 15) is 4.39 Å². The van der Waals surface area contributed by atoms with Crippen LogP contribution in [0.2, 0.25) is 0 Å². The lowest BCUT2D eigenvalue weighted by Crippen LogP contribution is -2.14. The third-order valence-corrected chi connectivity index (χ3v) is 0.564. The molecule has 1 atom stereocenters. The van der Waals surface area contributed by atoms with Gasteiger partial charge in [0.15, 0.2) is 0 Å². The van der Waals surface area contributed by atoms with Gasteiger partial charge >= 0.3 is 0 Å². The van der Waals surface area contributed by atoms with E-state index >= 15 is 0 Å². The second-order valence-corrected chi connectivity index (χ2v) is 1.45. The molecule has 6 heavy (non-hydrogen) atoms. The molecule has 0 aliphatic heterocycles. The molecule has 0 aromatic rings. The molecule has 0 aromatic heterocycles. The van der Waals surface area contributed by atoms with E-state index in [1.165, 1.54) is 0 Å². The minimum Gasteiger partial charge on any atom is -0.328 e. The zero-order valence-electron chi connectivity index (χ0n) is 3.95. The Labute approximate surface area is 37.3 Å². The zero-order valence-corrected chi connectivity index (χ0v) is 3.95. The Bertz CT molecular complexity index is 28.7. The van der Waals surface area contributed by atoms with E-state index in [0.29, 0.717) is 6.42 Å². The predicted octanol–water partition coefficient (Wildman–Crippen LogP) is 0.693. The highest BCUT2D eigenvalue weighted by Crippen LogP contribution is 1.83. The minimum atomic E-state index is -0.294. The van der Waals surface area contributed by atoms with Crippen LogP contribution >= 0.6 is 0 Å². The van der Waals surface area contributed by atoms with Crippen LogP contribution in [0.25, 0.3) is 0 Å². The first-order chi connectivity index (χ1) is 2.77. The second kappa shape index (κ2) is 3.09. The highest BCUT2D eigenvalue weighted by molar-refractivity contribution is 4.48. The average Bonchev–Trinajstić information content (AvgIpc) is 1.35. The van der Waals surface area contributed by atoms with Gasteiger partial charge in [-0.15, -0.1) is 0 Å². The first kappa shape index (κ1) is 5.89. The van der Waals surface area contributed by atoms with Crippen LogP contribution in [0.5, 0.6) is 0 Å². The van der Waals surface area contributed by atoms with Gasteiger partial charge in [-0.3, -0.25) is 4.39 Å². The fourth-order valence-corrected chi connectivity index (χ4v) is 0.172. The maximum absolute atomic E-state index is 11.2. The van der Waals surface area contributed by atoms with Gasteiger partial charge in [-0.1, -0.05) is 0 Å². The Kier molecular flexibility index (Phi) is 3.04. The van der Waals surface area contributed by atoms with Crippen LogP contribution in [0.3, 0.4) is 0 Å². The van der Waals surface area contributed by atoms with Crippen molar-refractivity contribution in [3.8, 4) is 0 Å². The van der Waals surface area contributed by atoms with Crippen LogP contribution in [0.1, 0.15) is 13.3 Å². The second-order valence-electron chi connectivity index (χ2n) is 1.45. The van der Waals surface area contributed by atoms with Crippen molar-refractivity contribution in [2.45, 2.75) is 19.4 Å². The number of hydrogen-bond donors (Lipinski definition) is 1. The van der Waals surface area contributed by atoms with E-state index in [1.54, 1.807) is 6.92 Å². The lowest BCUT2D eigenvalue weighted by atomic mass is 10.3. The monoisotopic (exact) mass is 91.1 g/mol. The van der Waals surface area contributed by atoms with Crippen molar-refractivity contribution in [1.29, 1.82) is 0 Å². The largest absolute Gasteiger partial charge is 0.328 e. The predicted molar refractivity (Wildman–Crippen MR) is 24.2 cm³/mol. The highest BCUT2D eigenvalue weighted by atomic mass is 19.1. The number of rotatable bonds is 2. The Morgan fingerprint density at radius 2 is 2.33 bits per heavy atom. The van der Waals surface area contributed by atoms with Gasteiger partial charge in [-0.2, -0.15) is 0 Å². The van der Waals surface area contributed by atoms with Crippen LogP contribution in [0, 0.1) is 0 Å². The number of halogens is 1. The first-order valence-corrected chi connectivity index (χ1v) is 2.09. The molecule has 0 fully saturated rings. The van der Waals surface area contributed by atoms with Crippen LogP contribution < -0.4 is 5.73 Å². The molecule has 0 unspecified atom stereocenters. The highest BCUT2D eigenvalue weighted by Gasteiger charge is 1.87. The van der Waals surface area contributed by atoms with Crippen molar-refractivity contribution in [3.05, 3.63) is 0 Å². The van der Waals surface area contributed by atoms with Crippen molar-refractivity contribution in [2.75, 3.05) is 6.67 Å². The van der Waals surface area contributed by atoms with E-state index in [1.807, 2.05) is 0 Å². The molecule has 0 saturated carbocycles. The summed E-state index contributed by atoms with van der Waals surface area (Å²) in [5.74, 6) is 0. The molecular weight excluding hydrogens is 81.0 g/mol. The maximum atomic E-state index is 11.2. The SMILES string of the molecule is C[C@@H](N)CCF. The molecule has 0 aliphatic carbocycles. The summed E-state index contributed by atoms with van der Waals surface area (Å²) in [5.41, 5.74) is 5.16. The summed E-state index contributed by atoms with van der Waals surface area (Å²) in [6.07, 6.45) is 0.486. The maximum Gasteiger partial charge on any atom is 0.0909 e. The van der Waals surface area contributed by atoms with E-state index in [2.05, 4.69) is 0 Å². The summed E-state index contributed by atoms with van der Waals surface area (Å²) in [6, 6.07) is 0.0231. The first-order valence-electron chi connectivity index (χ1n) is 2.09. The standard InChI is InChI=1S/C4H10FN/c1-4(6)2-3-5/h4H,2-3,6H2,1H3/t4-/m1/s1. The number of hydrogen-bond acceptors (Lipinski definition) is 1. The Balaban J connectivity index is 2.63. The topological polar surface area (TPSA) is 26.0 Å². The molecule has 38 valence electrons. The fraction of sp³-hybridized carbons (Fsp3) is 1.00. The molecule has 1 nitrogen and oxygen atoms in total. The molecule has 0 bridgehead atoms. The van der Waals surface area contributed by atoms with Crippen molar-refractivity contribution in [3.63, 3.8) is 0 Å². The van der Waals surface area contributed by atoms with Gasteiger partial charge in [0.2, 0.25) is 0 Å². The van der Waals surface area contributed by atoms with Gasteiger partial charge in [0.1, 0.15) is 0 Å². The van der Waals surface area contributed by atoms with Crippen LogP contribution in [-0.4, -0.2) is 12.7 Å². The molecule has 0 heterocycles. The van der Waals surface area contributed by atoms with Crippen molar-refractivity contribution in [2.24, 2.45) is 5.73 Å². The molecular formula is C4H10FN. The van der Waals surface area contributed by atoms with Gasteiger partial charge < -0.3 is 5.73 Å². The molecule has 0 rings (SSSR count). The Morgan fingerprint density at radius 3 is 2.33 bits per heavy atom. The van der Waals surface area contributed by atoms with Gasteiger partial charge in [-0.05, 0) is 13.3 Å². The van der Waals surface area contributed by atoms with Gasteiger partial charge in [0, 0.05) is 6.04 Å². The van der Waals surface area contributed by atoms with Gasteiger partial charge in [0.25, 0.3) is 0 Å². The van der Waals surface area contributed by atoms with E-state index < -0.39 is 0 Å².